The highest BCUT2D eigenvalue weighted by atomic mass is 19.1. The summed E-state index contributed by atoms with van der Waals surface area (Å²) < 4.78 is 14.0. The molecule has 1 aliphatic carbocycles. The molecule has 0 N–H and O–H groups in total. The van der Waals surface area contributed by atoms with Gasteiger partial charge in [0, 0.05) is 25.7 Å². The van der Waals surface area contributed by atoms with Crippen molar-refractivity contribution in [3.63, 3.8) is 0 Å². The first-order valence-corrected chi connectivity index (χ1v) is 8.27. The zero-order valence-electron chi connectivity index (χ0n) is 13.5. The molecule has 1 aliphatic heterocycles. The zero-order chi connectivity index (χ0) is 16.7. The molecule has 2 aliphatic rings. The smallest absolute Gasteiger partial charge is 0.249 e. The van der Waals surface area contributed by atoms with Crippen molar-refractivity contribution in [1.29, 1.82) is 0 Å². The monoisotopic (exact) mass is 326 g/mol. The summed E-state index contributed by atoms with van der Waals surface area (Å²) in [5, 5.41) is 0. The van der Waals surface area contributed by atoms with Gasteiger partial charge in [-0.3, -0.25) is 4.79 Å². The lowest BCUT2D eigenvalue weighted by atomic mass is 10.2. The Bertz CT molecular complexity index is 777. The van der Waals surface area contributed by atoms with Gasteiger partial charge in [0.2, 0.25) is 5.91 Å². The van der Waals surface area contributed by atoms with E-state index >= 15 is 0 Å². The first-order valence-electron chi connectivity index (χ1n) is 8.27. The van der Waals surface area contributed by atoms with Crippen LogP contribution < -0.4 is 9.80 Å². The molecule has 2 heterocycles. The molecule has 1 atom stereocenters. The molecule has 1 aromatic carbocycles. The standard InChI is InChI=1S/C18H19FN4O/c1-22(16-8-10-20-17(21-16)12-6-7-12)15-9-11-23(18(15)24)14-5-3-2-4-13(14)19/h2-5,8,10,12,15H,6-7,9,11H2,1H3. The largest absolute Gasteiger partial charge is 0.347 e. The number of likely N-dealkylation sites (N-methyl/N-ethyl adjacent to an activating group) is 1. The van der Waals surface area contributed by atoms with Crippen molar-refractivity contribution in [3.05, 3.63) is 48.2 Å². The average molecular weight is 326 g/mol. The number of carbonyl (C=O) groups is 1. The summed E-state index contributed by atoms with van der Waals surface area (Å²) in [4.78, 5) is 25.1. The Morgan fingerprint density at radius 2 is 2.00 bits per heavy atom. The molecule has 4 rings (SSSR count). The van der Waals surface area contributed by atoms with E-state index in [4.69, 9.17) is 0 Å². The van der Waals surface area contributed by atoms with E-state index in [1.165, 1.54) is 11.0 Å². The van der Waals surface area contributed by atoms with Crippen molar-refractivity contribution >= 4 is 17.4 Å². The summed E-state index contributed by atoms with van der Waals surface area (Å²) in [7, 11) is 1.87. The Morgan fingerprint density at radius 1 is 1.21 bits per heavy atom. The molecule has 0 radical (unpaired) electrons. The van der Waals surface area contributed by atoms with Gasteiger partial charge in [-0.1, -0.05) is 12.1 Å². The van der Waals surface area contributed by atoms with Crippen LogP contribution in [0.15, 0.2) is 36.5 Å². The van der Waals surface area contributed by atoms with E-state index in [2.05, 4.69) is 9.97 Å². The van der Waals surface area contributed by atoms with Gasteiger partial charge < -0.3 is 9.80 Å². The number of carbonyl (C=O) groups excluding carboxylic acids is 1. The summed E-state index contributed by atoms with van der Waals surface area (Å²) in [5.74, 6) is 1.62. The zero-order valence-corrected chi connectivity index (χ0v) is 13.5. The van der Waals surface area contributed by atoms with E-state index in [0.717, 1.165) is 24.5 Å². The quantitative estimate of drug-likeness (QED) is 0.867. The Kier molecular flexibility index (Phi) is 3.67. The van der Waals surface area contributed by atoms with Crippen molar-refractivity contribution in [2.45, 2.75) is 31.2 Å². The fourth-order valence-electron chi connectivity index (χ4n) is 3.19. The molecule has 1 unspecified atom stereocenters. The van der Waals surface area contributed by atoms with Crippen LogP contribution in [-0.4, -0.2) is 35.5 Å². The lowest BCUT2D eigenvalue weighted by Crippen LogP contribution is -2.40. The maximum atomic E-state index is 14.0. The summed E-state index contributed by atoms with van der Waals surface area (Å²) in [5.41, 5.74) is 0.347. The van der Waals surface area contributed by atoms with E-state index in [0.29, 0.717) is 24.6 Å². The van der Waals surface area contributed by atoms with Crippen molar-refractivity contribution in [2.24, 2.45) is 0 Å². The Balaban J connectivity index is 1.56. The molecule has 5 nitrogen and oxygen atoms in total. The highest BCUT2D eigenvalue weighted by Gasteiger charge is 2.37. The fourth-order valence-corrected chi connectivity index (χ4v) is 3.19. The van der Waals surface area contributed by atoms with Crippen LogP contribution in [0.1, 0.15) is 31.0 Å². The summed E-state index contributed by atoms with van der Waals surface area (Å²) in [6.07, 6.45) is 4.67. The summed E-state index contributed by atoms with van der Waals surface area (Å²) >= 11 is 0. The number of benzene rings is 1. The van der Waals surface area contributed by atoms with Gasteiger partial charge in [0.15, 0.2) is 0 Å². The minimum atomic E-state index is -0.368. The van der Waals surface area contributed by atoms with Crippen molar-refractivity contribution in [2.75, 3.05) is 23.4 Å². The number of nitrogens with zero attached hydrogens (tertiary/aromatic N) is 4. The second-order valence-corrected chi connectivity index (χ2v) is 6.40. The molecule has 6 heteroatoms. The number of rotatable bonds is 4. The average Bonchev–Trinajstić information content (AvgIpc) is 3.38. The first kappa shape index (κ1) is 15.1. The summed E-state index contributed by atoms with van der Waals surface area (Å²) in [6.45, 7) is 0.509. The normalized spacial score (nSPS) is 20.5. The molecule has 0 spiro atoms. The van der Waals surface area contributed by atoms with E-state index in [-0.39, 0.29) is 17.8 Å². The number of halogens is 1. The van der Waals surface area contributed by atoms with Crippen LogP contribution in [0, 0.1) is 5.82 Å². The van der Waals surface area contributed by atoms with E-state index < -0.39 is 0 Å². The highest BCUT2D eigenvalue weighted by Crippen LogP contribution is 2.38. The van der Waals surface area contributed by atoms with Crippen molar-refractivity contribution in [1.82, 2.24) is 9.97 Å². The van der Waals surface area contributed by atoms with Gasteiger partial charge in [-0.25, -0.2) is 14.4 Å². The number of hydrogen-bond acceptors (Lipinski definition) is 4. The number of anilines is 2. The second-order valence-electron chi connectivity index (χ2n) is 6.40. The second kappa shape index (κ2) is 5.85. The number of hydrogen-bond donors (Lipinski definition) is 0. The van der Waals surface area contributed by atoms with Gasteiger partial charge in [0.1, 0.15) is 23.5 Å². The molecule has 1 amide bonds. The van der Waals surface area contributed by atoms with Gasteiger partial charge in [-0.15, -0.1) is 0 Å². The van der Waals surface area contributed by atoms with Gasteiger partial charge >= 0.3 is 0 Å². The van der Waals surface area contributed by atoms with Crippen LogP contribution in [0.25, 0.3) is 0 Å². The Hall–Kier alpha value is -2.50. The van der Waals surface area contributed by atoms with Crippen LogP contribution >= 0.6 is 0 Å². The molecule has 1 saturated carbocycles. The van der Waals surface area contributed by atoms with Crippen LogP contribution in [0.5, 0.6) is 0 Å². The predicted octanol–water partition coefficient (Wildman–Crippen LogP) is 2.73. The van der Waals surface area contributed by atoms with Crippen LogP contribution in [-0.2, 0) is 4.79 Å². The van der Waals surface area contributed by atoms with Gasteiger partial charge in [-0.2, -0.15) is 0 Å². The molecule has 1 saturated heterocycles. The topological polar surface area (TPSA) is 49.3 Å². The third-order valence-corrected chi connectivity index (χ3v) is 4.75. The van der Waals surface area contributed by atoms with Crippen LogP contribution in [0.2, 0.25) is 0 Å². The van der Waals surface area contributed by atoms with E-state index in [1.54, 1.807) is 24.4 Å². The maximum absolute atomic E-state index is 14.0. The van der Waals surface area contributed by atoms with E-state index in [1.807, 2.05) is 18.0 Å². The Labute approximate surface area is 140 Å². The van der Waals surface area contributed by atoms with Crippen LogP contribution in [0.4, 0.5) is 15.9 Å². The third-order valence-electron chi connectivity index (χ3n) is 4.75. The number of aromatic nitrogens is 2. The molecular weight excluding hydrogens is 307 g/mol. The number of para-hydroxylation sites is 1. The molecular formula is C18H19FN4O. The fraction of sp³-hybridized carbons (Fsp3) is 0.389. The number of amides is 1. The van der Waals surface area contributed by atoms with Gasteiger partial charge in [0.25, 0.3) is 0 Å². The molecule has 1 aromatic heterocycles. The van der Waals surface area contributed by atoms with Crippen molar-refractivity contribution < 1.29 is 9.18 Å². The minimum absolute atomic E-state index is 0.0887. The van der Waals surface area contributed by atoms with Crippen LogP contribution in [0.3, 0.4) is 0 Å². The molecule has 0 bridgehead atoms. The van der Waals surface area contributed by atoms with Crippen molar-refractivity contribution in [3.8, 4) is 0 Å². The maximum Gasteiger partial charge on any atom is 0.249 e. The van der Waals surface area contributed by atoms with E-state index in [9.17, 15) is 9.18 Å². The molecule has 2 aromatic rings. The summed E-state index contributed by atoms with van der Waals surface area (Å²) in [6, 6.07) is 7.90. The third kappa shape index (κ3) is 2.62. The van der Waals surface area contributed by atoms with Gasteiger partial charge in [-0.05, 0) is 37.5 Å². The van der Waals surface area contributed by atoms with Gasteiger partial charge in [0.05, 0.1) is 5.69 Å². The SMILES string of the molecule is CN(c1ccnc(C2CC2)n1)C1CCN(c2ccccc2F)C1=O. The lowest BCUT2D eigenvalue weighted by Gasteiger charge is -2.25. The Morgan fingerprint density at radius 3 is 2.75 bits per heavy atom. The molecule has 124 valence electrons. The first-order chi connectivity index (χ1) is 11.6. The minimum Gasteiger partial charge on any atom is -0.347 e. The molecule has 24 heavy (non-hydrogen) atoms. The predicted molar refractivity (Wildman–Crippen MR) is 89.6 cm³/mol. The lowest BCUT2D eigenvalue weighted by molar-refractivity contribution is -0.118. The highest BCUT2D eigenvalue weighted by molar-refractivity contribution is 6.01. The molecule has 2 fully saturated rings.